The quantitative estimate of drug-likeness (QED) is 0.722. The lowest BCUT2D eigenvalue weighted by molar-refractivity contribution is 0.105. The van der Waals surface area contributed by atoms with E-state index in [1.165, 1.54) is 0 Å². The van der Waals surface area contributed by atoms with Crippen molar-refractivity contribution in [1.29, 1.82) is 5.26 Å². The first-order chi connectivity index (χ1) is 7.17. The fraction of sp³-hybridized carbons (Fsp3) is 0.300. The van der Waals surface area contributed by atoms with Crippen LogP contribution in [0.5, 0.6) is 0 Å². The van der Waals surface area contributed by atoms with E-state index in [0.29, 0.717) is 12.1 Å². The average Bonchev–Trinajstić information content (AvgIpc) is 2.26. The molecule has 0 aromatic heterocycles. The fourth-order valence-electron chi connectivity index (χ4n) is 1.02. The van der Waals surface area contributed by atoms with Gasteiger partial charge in [0.2, 0.25) is 0 Å². The van der Waals surface area contributed by atoms with Crippen molar-refractivity contribution in [1.82, 2.24) is 0 Å². The number of hydrogen-bond donors (Lipinski definition) is 3. The van der Waals surface area contributed by atoms with Crippen LogP contribution in [0.2, 0.25) is 0 Å². The number of benzene rings is 1. The zero-order chi connectivity index (χ0) is 11.3. The number of nitriles is 1. The summed E-state index contributed by atoms with van der Waals surface area (Å²) in [6, 6.07) is 7.29. The molecule has 15 heavy (non-hydrogen) atoms. The van der Waals surface area contributed by atoms with Crippen LogP contribution in [0, 0.1) is 14.9 Å². The topological polar surface area (TPSA) is 76.3 Å². The second-order valence-electron chi connectivity index (χ2n) is 3.02. The number of anilines is 1. The smallest absolute Gasteiger partial charge is 0.0992 e. The van der Waals surface area contributed by atoms with E-state index < -0.39 is 6.10 Å². The Morgan fingerprint density at radius 1 is 1.53 bits per heavy atom. The van der Waals surface area contributed by atoms with E-state index in [2.05, 4.69) is 27.9 Å². The SMILES string of the molecule is N#Cc1ccc(NCC(O)CO)c(I)c1. The number of halogens is 1. The standard InChI is InChI=1S/C10H11IN2O2/c11-9-3-7(4-12)1-2-10(9)13-5-8(15)6-14/h1-3,8,13-15H,5-6H2. The monoisotopic (exact) mass is 318 g/mol. The van der Waals surface area contributed by atoms with Gasteiger partial charge in [-0.05, 0) is 40.8 Å². The normalized spacial score (nSPS) is 11.9. The molecule has 3 N–H and O–H groups in total. The van der Waals surface area contributed by atoms with Gasteiger partial charge >= 0.3 is 0 Å². The van der Waals surface area contributed by atoms with E-state index in [9.17, 15) is 0 Å². The second-order valence-corrected chi connectivity index (χ2v) is 4.19. The molecule has 0 amide bonds. The maximum absolute atomic E-state index is 9.14. The van der Waals surface area contributed by atoms with Crippen LogP contribution >= 0.6 is 22.6 Å². The molecule has 5 heteroatoms. The van der Waals surface area contributed by atoms with Gasteiger partial charge in [-0.25, -0.2) is 0 Å². The molecule has 4 nitrogen and oxygen atoms in total. The third-order valence-electron chi connectivity index (χ3n) is 1.84. The first kappa shape index (κ1) is 12.2. The van der Waals surface area contributed by atoms with Gasteiger partial charge in [-0.15, -0.1) is 0 Å². The van der Waals surface area contributed by atoms with E-state index in [0.717, 1.165) is 9.26 Å². The zero-order valence-electron chi connectivity index (χ0n) is 7.94. The maximum Gasteiger partial charge on any atom is 0.0992 e. The summed E-state index contributed by atoms with van der Waals surface area (Å²) < 4.78 is 0.914. The van der Waals surface area contributed by atoms with Crippen molar-refractivity contribution in [3.8, 4) is 6.07 Å². The fourth-order valence-corrected chi connectivity index (χ4v) is 1.73. The first-order valence-electron chi connectivity index (χ1n) is 4.40. The molecular weight excluding hydrogens is 307 g/mol. The number of aliphatic hydroxyl groups excluding tert-OH is 2. The van der Waals surface area contributed by atoms with Gasteiger partial charge in [-0.2, -0.15) is 5.26 Å². The van der Waals surface area contributed by atoms with E-state index >= 15 is 0 Å². The van der Waals surface area contributed by atoms with Crippen molar-refractivity contribution in [2.24, 2.45) is 0 Å². The van der Waals surface area contributed by atoms with Gasteiger partial charge in [0.15, 0.2) is 0 Å². The predicted octanol–water partition coefficient (Wildman–Crippen LogP) is 0.928. The Kier molecular flexibility index (Phi) is 4.81. The number of rotatable bonds is 4. The van der Waals surface area contributed by atoms with Crippen LogP contribution in [0.15, 0.2) is 18.2 Å². The van der Waals surface area contributed by atoms with Crippen molar-refractivity contribution in [2.45, 2.75) is 6.10 Å². The lowest BCUT2D eigenvalue weighted by atomic mass is 10.2. The lowest BCUT2D eigenvalue weighted by Gasteiger charge is -2.11. The van der Waals surface area contributed by atoms with Gasteiger partial charge < -0.3 is 15.5 Å². The average molecular weight is 318 g/mol. The Labute approximate surface area is 102 Å². The molecule has 1 rings (SSSR count). The van der Waals surface area contributed by atoms with Gasteiger partial charge in [-0.3, -0.25) is 0 Å². The summed E-state index contributed by atoms with van der Waals surface area (Å²) in [5, 5.41) is 29.4. The predicted molar refractivity (Wildman–Crippen MR) is 65.5 cm³/mol. The molecule has 0 aliphatic rings. The molecule has 0 fully saturated rings. The number of nitrogens with one attached hydrogen (secondary N) is 1. The molecule has 0 saturated heterocycles. The molecule has 0 spiro atoms. The summed E-state index contributed by atoms with van der Waals surface area (Å²) in [6.07, 6.45) is -0.767. The molecule has 0 aliphatic carbocycles. The minimum Gasteiger partial charge on any atom is -0.394 e. The van der Waals surface area contributed by atoms with Crippen LogP contribution in [0.4, 0.5) is 5.69 Å². The van der Waals surface area contributed by atoms with Crippen LogP contribution in [0.25, 0.3) is 0 Å². The Bertz CT molecular complexity index is 376. The third-order valence-corrected chi connectivity index (χ3v) is 2.73. The van der Waals surface area contributed by atoms with Gasteiger partial charge in [0.25, 0.3) is 0 Å². The van der Waals surface area contributed by atoms with Crippen LogP contribution in [-0.4, -0.2) is 29.5 Å². The Balaban J connectivity index is 2.67. The lowest BCUT2D eigenvalue weighted by Crippen LogP contribution is -2.23. The van der Waals surface area contributed by atoms with Crippen molar-refractivity contribution >= 4 is 28.3 Å². The molecule has 1 aromatic rings. The number of aliphatic hydroxyl groups is 2. The Morgan fingerprint density at radius 2 is 2.27 bits per heavy atom. The zero-order valence-corrected chi connectivity index (χ0v) is 10.1. The van der Waals surface area contributed by atoms with Crippen LogP contribution in [-0.2, 0) is 0 Å². The van der Waals surface area contributed by atoms with Crippen molar-refractivity contribution in [3.63, 3.8) is 0 Å². The number of nitrogens with zero attached hydrogens (tertiary/aromatic N) is 1. The summed E-state index contributed by atoms with van der Waals surface area (Å²) in [7, 11) is 0. The van der Waals surface area contributed by atoms with E-state index in [1.54, 1.807) is 18.2 Å². The maximum atomic E-state index is 9.14. The molecule has 0 bridgehead atoms. The Hall–Kier alpha value is -0.840. The summed E-state index contributed by atoms with van der Waals surface area (Å²) in [5.41, 5.74) is 1.45. The molecule has 1 atom stereocenters. The summed E-state index contributed by atoms with van der Waals surface area (Å²) in [6.45, 7) is 0.0261. The molecule has 80 valence electrons. The highest BCUT2D eigenvalue weighted by Crippen LogP contribution is 2.19. The van der Waals surface area contributed by atoms with Crippen molar-refractivity contribution in [3.05, 3.63) is 27.3 Å². The van der Waals surface area contributed by atoms with E-state index in [-0.39, 0.29) is 6.61 Å². The van der Waals surface area contributed by atoms with E-state index in [4.69, 9.17) is 15.5 Å². The highest BCUT2D eigenvalue weighted by molar-refractivity contribution is 14.1. The van der Waals surface area contributed by atoms with Gasteiger partial charge in [0.05, 0.1) is 24.3 Å². The van der Waals surface area contributed by atoms with Crippen molar-refractivity contribution < 1.29 is 10.2 Å². The van der Waals surface area contributed by atoms with Crippen LogP contribution < -0.4 is 5.32 Å². The highest BCUT2D eigenvalue weighted by Gasteiger charge is 2.04. The number of hydrogen-bond acceptors (Lipinski definition) is 4. The molecule has 0 radical (unpaired) electrons. The minimum atomic E-state index is -0.767. The van der Waals surface area contributed by atoms with Gasteiger partial charge in [0.1, 0.15) is 0 Å². The summed E-state index contributed by atoms with van der Waals surface area (Å²) in [4.78, 5) is 0. The minimum absolute atomic E-state index is 0.264. The molecule has 0 aliphatic heterocycles. The third kappa shape index (κ3) is 3.66. The highest BCUT2D eigenvalue weighted by atomic mass is 127. The molecule has 0 saturated carbocycles. The molecule has 1 unspecified atom stereocenters. The molecule has 0 heterocycles. The summed E-state index contributed by atoms with van der Waals surface area (Å²) >= 11 is 2.11. The molecule has 1 aromatic carbocycles. The largest absolute Gasteiger partial charge is 0.394 e. The summed E-state index contributed by atoms with van der Waals surface area (Å²) in [5.74, 6) is 0. The van der Waals surface area contributed by atoms with Crippen LogP contribution in [0.1, 0.15) is 5.56 Å². The van der Waals surface area contributed by atoms with Gasteiger partial charge in [-0.1, -0.05) is 0 Å². The van der Waals surface area contributed by atoms with E-state index in [1.807, 2.05) is 6.07 Å². The van der Waals surface area contributed by atoms with Gasteiger partial charge in [0, 0.05) is 15.8 Å². The van der Waals surface area contributed by atoms with Crippen molar-refractivity contribution in [2.75, 3.05) is 18.5 Å². The second kappa shape index (κ2) is 5.90. The first-order valence-corrected chi connectivity index (χ1v) is 5.47. The molecular formula is C10H11IN2O2. The Morgan fingerprint density at radius 3 is 2.80 bits per heavy atom. The van der Waals surface area contributed by atoms with Crippen LogP contribution in [0.3, 0.4) is 0 Å².